The molecule has 2 heterocycles. The molecule has 1 atom stereocenters. The second-order valence-corrected chi connectivity index (χ2v) is 7.21. The first-order valence-electron chi connectivity index (χ1n) is 9.90. The molecule has 1 aliphatic rings. The molecule has 0 spiro atoms. The second-order valence-electron chi connectivity index (χ2n) is 7.21. The van der Waals surface area contributed by atoms with Crippen LogP contribution >= 0.6 is 0 Å². The highest BCUT2D eigenvalue weighted by atomic mass is 16.3. The predicted octanol–water partition coefficient (Wildman–Crippen LogP) is 4.50. The molecule has 2 aromatic rings. The Labute approximate surface area is 160 Å². The van der Waals surface area contributed by atoms with E-state index in [0.29, 0.717) is 18.8 Å². The van der Waals surface area contributed by atoms with Gasteiger partial charge in [0.15, 0.2) is 5.76 Å². The number of hydrogen-bond donors (Lipinski definition) is 1. The minimum atomic E-state index is -0.193. The van der Waals surface area contributed by atoms with Gasteiger partial charge in [0.25, 0.3) is 5.91 Å². The van der Waals surface area contributed by atoms with E-state index in [9.17, 15) is 9.59 Å². The van der Waals surface area contributed by atoms with E-state index < -0.39 is 0 Å². The van der Waals surface area contributed by atoms with Crippen LogP contribution in [0.1, 0.15) is 55.1 Å². The van der Waals surface area contributed by atoms with E-state index in [4.69, 9.17) is 4.42 Å². The van der Waals surface area contributed by atoms with Crippen LogP contribution in [0, 0.1) is 5.92 Å². The van der Waals surface area contributed by atoms with Gasteiger partial charge in [0, 0.05) is 18.8 Å². The number of benzene rings is 1. The largest absolute Gasteiger partial charge is 0.459 e. The van der Waals surface area contributed by atoms with Crippen molar-refractivity contribution in [2.75, 3.05) is 18.4 Å². The minimum Gasteiger partial charge on any atom is -0.459 e. The van der Waals surface area contributed by atoms with Crippen LogP contribution in [0.25, 0.3) is 0 Å². The lowest BCUT2D eigenvalue weighted by molar-refractivity contribution is -0.121. The number of anilines is 1. The molecule has 1 saturated heterocycles. The van der Waals surface area contributed by atoms with Gasteiger partial charge in [-0.05, 0) is 55.5 Å². The number of carbonyl (C=O) groups is 2. The summed E-state index contributed by atoms with van der Waals surface area (Å²) in [7, 11) is 0. The number of rotatable bonds is 7. The van der Waals surface area contributed by atoms with E-state index in [1.807, 2.05) is 12.1 Å². The normalized spacial score (nSPS) is 16.9. The van der Waals surface area contributed by atoms with Crippen LogP contribution in [0.5, 0.6) is 0 Å². The highest BCUT2D eigenvalue weighted by molar-refractivity contribution is 5.95. The van der Waals surface area contributed by atoms with E-state index in [1.54, 1.807) is 17.0 Å². The van der Waals surface area contributed by atoms with Gasteiger partial charge in [-0.3, -0.25) is 9.59 Å². The maximum Gasteiger partial charge on any atom is 0.289 e. The van der Waals surface area contributed by atoms with Gasteiger partial charge in [-0.2, -0.15) is 0 Å². The number of unbranched alkanes of at least 4 members (excludes halogenated alkanes) is 2. The first-order chi connectivity index (χ1) is 13.2. The topological polar surface area (TPSA) is 62.6 Å². The summed E-state index contributed by atoms with van der Waals surface area (Å²) in [5.74, 6) is -0.0313. The Balaban J connectivity index is 1.53. The Morgan fingerprint density at radius 3 is 2.70 bits per heavy atom. The molecule has 2 amide bonds. The molecule has 1 aliphatic heterocycles. The first-order valence-corrected chi connectivity index (χ1v) is 9.90. The fourth-order valence-corrected chi connectivity index (χ4v) is 3.51. The van der Waals surface area contributed by atoms with Gasteiger partial charge in [0.2, 0.25) is 5.91 Å². The van der Waals surface area contributed by atoms with E-state index in [-0.39, 0.29) is 17.7 Å². The second kappa shape index (κ2) is 9.40. The summed E-state index contributed by atoms with van der Waals surface area (Å²) >= 11 is 0. The monoisotopic (exact) mass is 368 g/mol. The van der Waals surface area contributed by atoms with Crippen molar-refractivity contribution in [3.8, 4) is 0 Å². The molecule has 1 aromatic heterocycles. The summed E-state index contributed by atoms with van der Waals surface area (Å²) in [6, 6.07) is 11.5. The fourth-order valence-electron chi connectivity index (χ4n) is 3.51. The van der Waals surface area contributed by atoms with Crippen LogP contribution in [0.4, 0.5) is 5.69 Å². The molecule has 5 nitrogen and oxygen atoms in total. The summed E-state index contributed by atoms with van der Waals surface area (Å²) in [4.78, 5) is 26.8. The van der Waals surface area contributed by atoms with Crippen molar-refractivity contribution in [3.63, 3.8) is 0 Å². The summed E-state index contributed by atoms with van der Waals surface area (Å²) in [6.45, 7) is 3.30. The zero-order valence-corrected chi connectivity index (χ0v) is 15.9. The highest BCUT2D eigenvalue weighted by Gasteiger charge is 2.29. The van der Waals surface area contributed by atoms with Crippen LogP contribution in [-0.2, 0) is 11.2 Å². The maximum atomic E-state index is 12.6. The molecule has 144 valence electrons. The van der Waals surface area contributed by atoms with Crippen molar-refractivity contribution >= 4 is 17.5 Å². The molecule has 1 fully saturated rings. The molecule has 0 bridgehead atoms. The summed E-state index contributed by atoms with van der Waals surface area (Å²) in [5.41, 5.74) is 2.11. The Hall–Kier alpha value is -2.56. The molecule has 0 aliphatic carbocycles. The lowest BCUT2D eigenvalue weighted by Gasteiger charge is -2.31. The number of piperidine rings is 1. The summed E-state index contributed by atoms with van der Waals surface area (Å²) < 4.78 is 5.19. The van der Waals surface area contributed by atoms with Gasteiger partial charge in [-0.25, -0.2) is 0 Å². The zero-order valence-electron chi connectivity index (χ0n) is 15.9. The van der Waals surface area contributed by atoms with Crippen molar-refractivity contribution in [2.24, 2.45) is 5.92 Å². The third kappa shape index (κ3) is 5.22. The number of aryl methyl sites for hydroxylation is 1. The summed E-state index contributed by atoms with van der Waals surface area (Å²) in [5, 5.41) is 3.00. The highest BCUT2D eigenvalue weighted by Crippen LogP contribution is 2.21. The standard InChI is InChI=1S/C22H28N2O3/c1-2-3-4-7-17-10-12-19(13-11-17)23-21(25)18-8-5-14-24(16-18)22(26)20-9-6-15-27-20/h6,9-13,15,18H,2-5,7-8,14,16H2,1H3,(H,23,25). The molecule has 1 unspecified atom stereocenters. The third-order valence-electron chi connectivity index (χ3n) is 5.10. The molecule has 0 radical (unpaired) electrons. The molecule has 27 heavy (non-hydrogen) atoms. The Morgan fingerprint density at radius 2 is 2.00 bits per heavy atom. The number of carbonyl (C=O) groups excluding carboxylic acids is 2. The van der Waals surface area contributed by atoms with Crippen molar-refractivity contribution in [3.05, 3.63) is 54.0 Å². The van der Waals surface area contributed by atoms with E-state index in [0.717, 1.165) is 24.9 Å². The van der Waals surface area contributed by atoms with Crippen molar-refractivity contribution < 1.29 is 14.0 Å². The van der Waals surface area contributed by atoms with Crippen molar-refractivity contribution in [2.45, 2.75) is 45.4 Å². The Kier molecular flexibility index (Phi) is 6.69. The molecule has 1 aromatic carbocycles. The van der Waals surface area contributed by atoms with Gasteiger partial charge >= 0.3 is 0 Å². The Morgan fingerprint density at radius 1 is 1.19 bits per heavy atom. The fraction of sp³-hybridized carbons (Fsp3) is 0.455. The van der Waals surface area contributed by atoms with E-state index >= 15 is 0 Å². The molecule has 5 heteroatoms. The SMILES string of the molecule is CCCCCc1ccc(NC(=O)C2CCCN(C(=O)c3ccco3)C2)cc1. The number of nitrogens with zero attached hydrogens (tertiary/aromatic N) is 1. The minimum absolute atomic E-state index is 0.0225. The van der Waals surface area contributed by atoms with Gasteiger partial charge in [0.05, 0.1) is 12.2 Å². The van der Waals surface area contributed by atoms with Crippen LogP contribution in [0.3, 0.4) is 0 Å². The average Bonchev–Trinajstić information content (AvgIpc) is 3.24. The van der Waals surface area contributed by atoms with Gasteiger partial charge in [-0.15, -0.1) is 0 Å². The smallest absolute Gasteiger partial charge is 0.289 e. The zero-order chi connectivity index (χ0) is 19.1. The average molecular weight is 368 g/mol. The number of nitrogens with one attached hydrogen (secondary N) is 1. The number of furan rings is 1. The molecular formula is C22H28N2O3. The van der Waals surface area contributed by atoms with Gasteiger partial charge in [0.1, 0.15) is 0 Å². The molecule has 0 saturated carbocycles. The van der Waals surface area contributed by atoms with Crippen molar-refractivity contribution in [1.29, 1.82) is 0 Å². The lowest BCUT2D eigenvalue weighted by Crippen LogP contribution is -2.43. The van der Waals surface area contributed by atoms with Crippen molar-refractivity contribution in [1.82, 2.24) is 4.90 Å². The summed E-state index contributed by atoms with van der Waals surface area (Å²) in [6.07, 6.45) is 7.85. The van der Waals surface area contributed by atoms with E-state index in [2.05, 4.69) is 24.4 Å². The number of likely N-dealkylation sites (tertiary alicyclic amines) is 1. The maximum absolute atomic E-state index is 12.6. The quantitative estimate of drug-likeness (QED) is 0.732. The Bertz CT molecular complexity index is 737. The van der Waals surface area contributed by atoms with Gasteiger partial charge < -0.3 is 14.6 Å². The van der Waals surface area contributed by atoms with Crippen LogP contribution in [0.2, 0.25) is 0 Å². The lowest BCUT2D eigenvalue weighted by atomic mass is 9.96. The van der Waals surface area contributed by atoms with Crippen LogP contribution in [-0.4, -0.2) is 29.8 Å². The van der Waals surface area contributed by atoms with Gasteiger partial charge in [-0.1, -0.05) is 31.9 Å². The third-order valence-corrected chi connectivity index (χ3v) is 5.10. The van der Waals surface area contributed by atoms with Crippen LogP contribution < -0.4 is 5.32 Å². The predicted molar refractivity (Wildman–Crippen MR) is 106 cm³/mol. The number of amides is 2. The molecule has 1 N–H and O–H groups in total. The van der Waals surface area contributed by atoms with E-state index in [1.165, 1.54) is 31.1 Å². The number of hydrogen-bond acceptors (Lipinski definition) is 3. The molecular weight excluding hydrogens is 340 g/mol. The first kappa shape index (κ1) is 19.2. The van der Waals surface area contributed by atoms with Crippen LogP contribution in [0.15, 0.2) is 47.1 Å². The molecule has 3 rings (SSSR count).